The summed E-state index contributed by atoms with van der Waals surface area (Å²) in [6.45, 7) is 10.4. The zero-order valence-electron chi connectivity index (χ0n) is 14.7. The summed E-state index contributed by atoms with van der Waals surface area (Å²) in [6, 6.07) is 18.0. The lowest BCUT2D eigenvalue weighted by Crippen LogP contribution is -2.05. The van der Waals surface area contributed by atoms with E-state index in [1.165, 1.54) is 5.56 Å². The second-order valence-electron chi connectivity index (χ2n) is 6.20. The number of nitrogens with zero attached hydrogens (tertiary/aromatic N) is 1. The van der Waals surface area contributed by atoms with Crippen molar-refractivity contribution in [3.8, 4) is 11.3 Å². The van der Waals surface area contributed by atoms with Gasteiger partial charge >= 0.3 is 0 Å². The van der Waals surface area contributed by atoms with Crippen molar-refractivity contribution < 1.29 is 0 Å². The maximum absolute atomic E-state index is 6.35. The topological polar surface area (TPSA) is 24.9 Å². The van der Waals surface area contributed by atoms with Gasteiger partial charge in [0.15, 0.2) is 0 Å². The highest BCUT2D eigenvalue weighted by molar-refractivity contribution is 6.33. The van der Waals surface area contributed by atoms with Crippen molar-refractivity contribution in [3.05, 3.63) is 88.5 Å². The molecule has 0 spiro atoms. The Labute approximate surface area is 154 Å². The van der Waals surface area contributed by atoms with Crippen molar-refractivity contribution in [2.24, 2.45) is 0 Å². The summed E-state index contributed by atoms with van der Waals surface area (Å²) in [7, 11) is 0. The van der Waals surface area contributed by atoms with Gasteiger partial charge in [0.2, 0.25) is 0 Å². The highest BCUT2D eigenvalue weighted by Crippen LogP contribution is 2.31. The molecule has 0 aliphatic carbocycles. The second-order valence-corrected chi connectivity index (χ2v) is 6.60. The van der Waals surface area contributed by atoms with E-state index in [2.05, 4.69) is 50.9 Å². The van der Waals surface area contributed by atoms with Crippen LogP contribution in [0.15, 0.2) is 61.2 Å². The molecule has 2 nitrogen and oxygen atoms in total. The van der Waals surface area contributed by atoms with Gasteiger partial charge in [0.1, 0.15) is 5.82 Å². The van der Waals surface area contributed by atoms with E-state index in [-0.39, 0.29) is 0 Å². The first kappa shape index (κ1) is 17.2. The molecule has 0 atom stereocenters. The number of halogens is 1. The molecular weight excluding hydrogens is 328 g/mol. The number of aromatic nitrogens is 1. The quantitative estimate of drug-likeness (QED) is 0.589. The van der Waals surface area contributed by atoms with Crippen LogP contribution in [0.1, 0.15) is 22.3 Å². The van der Waals surface area contributed by atoms with Crippen molar-refractivity contribution in [2.75, 3.05) is 5.32 Å². The van der Waals surface area contributed by atoms with E-state index in [9.17, 15) is 0 Å². The minimum atomic E-state index is 0.696. The fourth-order valence-electron chi connectivity index (χ4n) is 2.79. The molecule has 3 heteroatoms. The Morgan fingerprint density at radius 1 is 0.960 bits per heavy atom. The highest BCUT2D eigenvalue weighted by atomic mass is 35.5. The van der Waals surface area contributed by atoms with Crippen molar-refractivity contribution in [2.45, 2.75) is 20.8 Å². The molecule has 0 radical (unpaired) electrons. The normalized spacial score (nSPS) is 10.6. The number of hydrogen-bond donors (Lipinski definition) is 1. The predicted molar refractivity (Wildman–Crippen MR) is 108 cm³/mol. The molecule has 1 N–H and O–H groups in total. The second kappa shape index (κ2) is 7.12. The Kier molecular flexibility index (Phi) is 4.91. The molecule has 1 aromatic heterocycles. The first-order valence-corrected chi connectivity index (χ1v) is 8.60. The first-order valence-electron chi connectivity index (χ1n) is 8.22. The summed E-state index contributed by atoms with van der Waals surface area (Å²) in [5.41, 5.74) is 7.15. The molecule has 0 aliphatic rings. The molecule has 0 bridgehead atoms. The van der Waals surface area contributed by atoms with Crippen LogP contribution in [-0.2, 0) is 0 Å². The number of hydrogen-bond acceptors (Lipinski definition) is 2. The molecule has 3 rings (SSSR count). The number of benzene rings is 2. The van der Waals surface area contributed by atoms with E-state index in [1.54, 1.807) is 0 Å². The third-order valence-corrected chi connectivity index (χ3v) is 4.75. The van der Waals surface area contributed by atoms with Crippen LogP contribution in [-0.4, -0.2) is 4.98 Å². The minimum Gasteiger partial charge on any atom is -0.340 e. The summed E-state index contributed by atoms with van der Waals surface area (Å²) < 4.78 is 0. The fraction of sp³-hybridized carbons (Fsp3) is 0.136. The van der Waals surface area contributed by atoms with Gasteiger partial charge < -0.3 is 5.32 Å². The monoisotopic (exact) mass is 348 g/mol. The summed E-state index contributed by atoms with van der Waals surface area (Å²) in [6.07, 6.45) is 0. The van der Waals surface area contributed by atoms with Crippen molar-refractivity contribution >= 4 is 23.1 Å². The van der Waals surface area contributed by atoms with E-state index in [1.807, 2.05) is 36.4 Å². The minimum absolute atomic E-state index is 0.696. The third kappa shape index (κ3) is 3.59. The van der Waals surface area contributed by atoms with Crippen LogP contribution in [0.2, 0.25) is 5.02 Å². The summed E-state index contributed by atoms with van der Waals surface area (Å²) >= 11 is 6.35. The van der Waals surface area contributed by atoms with Gasteiger partial charge in [-0.25, -0.2) is 4.98 Å². The Balaban J connectivity index is 2.01. The van der Waals surface area contributed by atoms with Crippen LogP contribution in [0.5, 0.6) is 0 Å². The molecule has 0 unspecified atom stereocenters. The van der Waals surface area contributed by atoms with Crippen LogP contribution in [0.25, 0.3) is 17.0 Å². The molecular formula is C22H21ClN2. The molecule has 2 aromatic carbocycles. The number of aryl methyl sites for hydroxylation is 2. The highest BCUT2D eigenvalue weighted by Gasteiger charge is 2.12. The molecule has 1 heterocycles. The van der Waals surface area contributed by atoms with Gasteiger partial charge in [0.05, 0.1) is 5.69 Å². The average molecular weight is 349 g/mol. The zero-order valence-corrected chi connectivity index (χ0v) is 15.5. The van der Waals surface area contributed by atoms with Gasteiger partial charge in [-0.3, -0.25) is 0 Å². The van der Waals surface area contributed by atoms with Crippen molar-refractivity contribution in [1.29, 1.82) is 0 Å². The van der Waals surface area contributed by atoms with Gasteiger partial charge in [-0.2, -0.15) is 0 Å². The van der Waals surface area contributed by atoms with E-state index in [4.69, 9.17) is 16.6 Å². The fourth-order valence-corrected chi connectivity index (χ4v) is 3.02. The molecule has 126 valence electrons. The van der Waals surface area contributed by atoms with Crippen LogP contribution >= 0.6 is 11.6 Å². The largest absolute Gasteiger partial charge is 0.340 e. The molecule has 0 saturated heterocycles. The lowest BCUT2D eigenvalue weighted by atomic mass is 10.0. The summed E-state index contributed by atoms with van der Waals surface area (Å²) in [5, 5.41) is 4.09. The van der Waals surface area contributed by atoms with Crippen LogP contribution in [0, 0.1) is 20.8 Å². The molecule has 0 fully saturated rings. The summed E-state index contributed by atoms with van der Waals surface area (Å²) in [4.78, 5) is 4.80. The standard InChI is InChI=1S/C22H21ClN2/c1-14-9-5-6-10-18(14)17(4)24-22-16(3)15(2)13-21(25-22)19-11-7-8-12-20(19)23/h5-13H,4H2,1-3H3,(H,24,25). The van der Waals surface area contributed by atoms with Crippen LogP contribution < -0.4 is 5.32 Å². The van der Waals surface area contributed by atoms with Crippen molar-refractivity contribution in [1.82, 2.24) is 4.98 Å². The summed E-state index contributed by atoms with van der Waals surface area (Å²) in [5.74, 6) is 0.808. The van der Waals surface area contributed by atoms with Gasteiger partial charge in [-0.05, 0) is 49.6 Å². The van der Waals surface area contributed by atoms with E-state index in [0.29, 0.717) is 5.02 Å². The first-order chi connectivity index (χ1) is 12.0. The smallest absolute Gasteiger partial charge is 0.134 e. The van der Waals surface area contributed by atoms with Gasteiger partial charge in [-0.1, -0.05) is 60.6 Å². The van der Waals surface area contributed by atoms with E-state index >= 15 is 0 Å². The Morgan fingerprint density at radius 2 is 1.64 bits per heavy atom. The SMILES string of the molecule is C=C(Nc1nc(-c2ccccc2Cl)cc(C)c1C)c1ccccc1C. The Hall–Kier alpha value is -2.58. The maximum Gasteiger partial charge on any atom is 0.134 e. The Morgan fingerprint density at radius 3 is 2.36 bits per heavy atom. The molecule has 0 aliphatic heterocycles. The number of rotatable bonds is 4. The number of anilines is 1. The van der Waals surface area contributed by atoms with Gasteiger partial charge in [0.25, 0.3) is 0 Å². The van der Waals surface area contributed by atoms with Crippen LogP contribution in [0.3, 0.4) is 0 Å². The van der Waals surface area contributed by atoms with Crippen molar-refractivity contribution in [3.63, 3.8) is 0 Å². The van der Waals surface area contributed by atoms with Gasteiger partial charge in [0, 0.05) is 21.8 Å². The maximum atomic E-state index is 6.35. The van der Waals surface area contributed by atoms with Crippen LogP contribution in [0.4, 0.5) is 5.82 Å². The van der Waals surface area contributed by atoms with E-state index in [0.717, 1.165) is 39.5 Å². The number of nitrogens with one attached hydrogen (secondary N) is 1. The lowest BCUT2D eigenvalue weighted by molar-refractivity contribution is 1.21. The zero-order chi connectivity index (χ0) is 18.0. The van der Waals surface area contributed by atoms with E-state index < -0.39 is 0 Å². The van der Waals surface area contributed by atoms with Gasteiger partial charge in [-0.15, -0.1) is 0 Å². The molecule has 25 heavy (non-hydrogen) atoms. The molecule has 0 amide bonds. The lowest BCUT2D eigenvalue weighted by Gasteiger charge is -2.16. The molecule has 3 aromatic rings. The predicted octanol–water partition coefficient (Wildman–Crippen LogP) is 6.41. The third-order valence-electron chi connectivity index (χ3n) is 4.42. The number of pyridine rings is 1. The Bertz CT molecular complexity index is 945. The average Bonchev–Trinajstić information content (AvgIpc) is 2.59. The molecule has 0 saturated carbocycles.